The Morgan fingerprint density at radius 2 is 2.24 bits per heavy atom. The number of nitrogens with two attached hydrogens (primary N) is 1. The first-order valence-electron chi connectivity index (χ1n) is 6.98. The van der Waals surface area contributed by atoms with Gasteiger partial charge in [-0.1, -0.05) is 6.07 Å². The number of nitrogens with zero attached hydrogens (tertiary/aromatic N) is 2. The van der Waals surface area contributed by atoms with Crippen LogP contribution in [0.2, 0.25) is 0 Å². The normalized spacial score (nSPS) is 13.1. The predicted octanol–water partition coefficient (Wildman–Crippen LogP) is 1.73. The van der Waals surface area contributed by atoms with Crippen LogP contribution in [0, 0.1) is 0 Å². The maximum Gasteiger partial charge on any atom is 0.407 e. The van der Waals surface area contributed by atoms with Crippen molar-refractivity contribution in [1.82, 2.24) is 14.7 Å². The van der Waals surface area contributed by atoms with Gasteiger partial charge in [0.1, 0.15) is 11.2 Å². The number of ether oxygens (including phenoxy) is 1. The van der Waals surface area contributed by atoms with Gasteiger partial charge in [-0.3, -0.25) is 0 Å². The zero-order valence-corrected chi connectivity index (χ0v) is 12.7. The summed E-state index contributed by atoms with van der Waals surface area (Å²) >= 11 is 0. The lowest BCUT2D eigenvalue weighted by Gasteiger charge is -2.20. The van der Waals surface area contributed by atoms with E-state index in [4.69, 9.17) is 10.5 Å². The minimum Gasteiger partial charge on any atom is -0.444 e. The second-order valence-electron chi connectivity index (χ2n) is 6.05. The highest BCUT2D eigenvalue weighted by Gasteiger charge is 2.16. The maximum absolute atomic E-state index is 11.5. The molecule has 0 spiro atoms. The first kappa shape index (κ1) is 15.3. The number of alkyl carbamates (subject to hydrolysis) is 1. The molecule has 1 unspecified atom stereocenters. The predicted molar refractivity (Wildman–Crippen MR) is 81.1 cm³/mol. The van der Waals surface area contributed by atoms with Crippen molar-refractivity contribution >= 4 is 11.7 Å². The number of hydrogen-bond donors (Lipinski definition) is 2. The maximum atomic E-state index is 11.5. The van der Waals surface area contributed by atoms with Crippen molar-refractivity contribution < 1.29 is 9.53 Å². The monoisotopic (exact) mass is 290 g/mol. The summed E-state index contributed by atoms with van der Waals surface area (Å²) in [6.07, 6.45) is 4.03. The number of imidazole rings is 1. The van der Waals surface area contributed by atoms with E-state index < -0.39 is 11.7 Å². The summed E-state index contributed by atoms with van der Waals surface area (Å²) in [4.78, 5) is 16.0. The van der Waals surface area contributed by atoms with E-state index in [0.29, 0.717) is 13.0 Å². The van der Waals surface area contributed by atoms with Crippen LogP contribution in [-0.4, -0.2) is 33.7 Å². The average Bonchev–Trinajstić information content (AvgIpc) is 2.76. The molecule has 3 N–H and O–H groups in total. The van der Waals surface area contributed by atoms with Crippen molar-refractivity contribution in [3.63, 3.8) is 0 Å². The van der Waals surface area contributed by atoms with E-state index in [-0.39, 0.29) is 6.04 Å². The second-order valence-corrected chi connectivity index (χ2v) is 6.05. The van der Waals surface area contributed by atoms with Crippen LogP contribution >= 0.6 is 0 Å². The van der Waals surface area contributed by atoms with Crippen LogP contribution in [-0.2, 0) is 11.2 Å². The van der Waals surface area contributed by atoms with Crippen LogP contribution in [0.3, 0.4) is 0 Å². The summed E-state index contributed by atoms with van der Waals surface area (Å²) in [5.74, 6) is 0. The second kappa shape index (κ2) is 6.13. The highest BCUT2D eigenvalue weighted by molar-refractivity contribution is 5.67. The van der Waals surface area contributed by atoms with E-state index >= 15 is 0 Å². The van der Waals surface area contributed by atoms with Gasteiger partial charge >= 0.3 is 6.09 Å². The molecule has 114 valence electrons. The third-order valence-corrected chi connectivity index (χ3v) is 2.79. The summed E-state index contributed by atoms with van der Waals surface area (Å²) in [5, 5.41) is 2.67. The topological polar surface area (TPSA) is 81.6 Å². The highest BCUT2D eigenvalue weighted by Crippen LogP contribution is 2.07. The number of carbonyl (C=O) groups is 1. The molecule has 0 radical (unpaired) electrons. The number of nitrogens with one attached hydrogen (secondary N) is 1. The van der Waals surface area contributed by atoms with Crippen molar-refractivity contribution in [2.75, 3.05) is 6.54 Å². The van der Waals surface area contributed by atoms with E-state index in [1.807, 2.05) is 55.8 Å². The molecule has 0 bridgehead atoms. The largest absolute Gasteiger partial charge is 0.444 e. The Kier molecular flexibility index (Phi) is 4.47. The molecule has 6 nitrogen and oxygen atoms in total. The molecular weight excluding hydrogens is 268 g/mol. The van der Waals surface area contributed by atoms with Crippen LogP contribution < -0.4 is 11.1 Å². The van der Waals surface area contributed by atoms with E-state index in [1.165, 1.54) is 0 Å². The van der Waals surface area contributed by atoms with E-state index in [0.717, 1.165) is 11.3 Å². The summed E-state index contributed by atoms with van der Waals surface area (Å²) < 4.78 is 7.11. The van der Waals surface area contributed by atoms with Gasteiger partial charge < -0.3 is 20.2 Å². The third-order valence-electron chi connectivity index (χ3n) is 2.79. The van der Waals surface area contributed by atoms with Gasteiger partial charge in [0.25, 0.3) is 0 Å². The SMILES string of the molecule is CC(C)(C)OC(=O)NCC(N)Cc1cn2ccccc2n1. The van der Waals surface area contributed by atoms with Gasteiger partial charge in [0, 0.05) is 31.4 Å². The summed E-state index contributed by atoms with van der Waals surface area (Å²) in [6, 6.07) is 5.62. The number of aromatic nitrogens is 2. The Morgan fingerprint density at radius 3 is 2.90 bits per heavy atom. The van der Waals surface area contributed by atoms with Gasteiger partial charge in [0.2, 0.25) is 0 Å². The standard InChI is InChI=1S/C15H22N4O2/c1-15(2,3)21-14(20)17-9-11(16)8-12-10-19-7-5-4-6-13(19)18-12/h4-7,10-11H,8-9,16H2,1-3H3,(H,17,20). The van der Waals surface area contributed by atoms with Crippen LogP contribution in [0.4, 0.5) is 4.79 Å². The van der Waals surface area contributed by atoms with Gasteiger partial charge in [-0.15, -0.1) is 0 Å². The van der Waals surface area contributed by atoms with Crippen LogP contribution in [0.1, 0.15) is 26.5 Å². The fourth-order valence-electron chi connectivity index (χ4n) is 1.95. The van der Waals surface area contributed by atoms with Crippen LogP contribution in [0.15, 0.2) is 30.6 Å². The highest BCUT2D eigenvalue weighted by atomic mass is 16.6. The zero-order chi connectivity index (χ0) is 15.5. The number of amides is 1. The van der Waals surface area contributed by atoms with Crippen LogP contribution in [0.5, 0.6) is 0 Å². The lowest BCUT2D eigenvalue weighted by Crippen LogP contribution is -2.41. The van der Waals surface area contributed by atoms with Gasteiger partial charge in [-0.05, 0) is 32.9 Å². The lowest BCUT2D eigenvalue weighted by molar-refractivity contribution is 0.0524. The van der Waals surface area contributed by atoms with Crippen LogP contribution in [0.25, 0.3) is 5.65 Å². The molecule has 2 aromatic heterocycles. The quantitative estimate of drug-likeness (QED) is 0.898. The molecule has 1 atom stereocenters. The zero-order valence-electron chi connectivity index (χ0n) is 12.7. The lowest BCUT2D eigenvalue weighted by atomic mass is 10.2. The van der Waals surface area contributed by atoms with E-state index in [1.54, 1.807) is 0 Å². The Bertz CT molecular complexity index is 582. The molecule has 0 aliphatic heterocycles. The summed E-state index contributed by atoms with van der Waals surface area (Å²) in [5.41, 5.74) is 7.31. The summed E-state index contributed by atoms with van der Waals surface area (Å²) in [6.45, 7) is 5.82. The fourth-order valence-corrected chi connectivity index (χ4v) is 1.95. The minimum atomic E-state index is -0.504. The first-order valence-corrected chi connectivity index (χ1v) is 6.98. The Hall–Kier alpha value is -2.08. The number of fused-ring (bicyclic) bond motifs is 1. The molecule has 1 amide bonds. The smallest absolute Gasteiger partial charge is 0.407 e. The average molecular weight is 290 g/mol. The first-order chi connectivity index (χ1) is 9.83. The number of rotatable bonds is 4. The van der Waals surface area contributed by atoms with Gasteiger partial charge in [0.05, 0.1) is 5.69 Å². The van der Waals surface area contributed by atoms with Crippen molar-refractivity contribution in [1.29, 1.82) is 0 Å². The molecule has 0 fully saturated rings. The van der Waals surface area contributed by atoms with E-state index in [9.17, 15) is 4.79 Å². The molecule has 6 heteroatoms. The van der Waals surface area contributed by atoms with Crippen molar-refractivity contribution in [2.45, 2.75) is 38.8 Å². The number of carbonyl (C=O) groups excluding carboxylic acids is 1. The minimum absolute atomic E-state index is 0.206. The van der Waals surface area contributed by atoms with Gasteiger partial charge in [0.15, 0.2) is 0 Å². The number of hydrogen-bond acceptors (Lipinski definition) is 4. The molecule has 0 aliphatic carbocycles. The molecule has 0 saturated carbocycles. The Balaban J connectivity index is 1.84. The fraction of sp³-hybridized carbons (Fsp3) is 0.467. The molecule has 0 saturated heterocycles. The molecule has 0 aliphatic rings. The molecule has 2 heterocycles. The molecule has 2 aromatic rings. The third kappa shape index (κ3) is 4.75. The Labute approximate surface area is 124 Å². The molecular formula is C15H22N4O2. The van der Waals surface area contributed by atoms with Gasteiger partial charge in [-0.2, -0.15) is 0 Å². The molecule has 0 aromatic carbocycles. The summed E-state index contributed by atoms with van der Waals surface area (Å²) in [7, 11) is 0. The number of pyridine rings is 1. The molecule has 2 rings (SSSR count). The van der Waals surface area contributed by atoms with Crippen molar-refractivity contribution in [3.8, 4) is 0 Å². The molecule has 21 heavy (non-hydrogen) atoms. The van der Waals surface area contributed by atoms with E-state index in [2.05, 4.69) is 10.3 Å². The van der Waals surface area contributed by atoms with Crippen molar-refractivity contribution in [3.05, 3.63) is 36.3 Å². The van der Waals surface area contributed by atoms with Gasteiger partial charge in [-0.25, -0.2) is 9.78 Å². The Morgan fingerprint density at radius 1 is 1.48 bits per heavy atom. The van der Waals surface area contributed by atoms with Crippen molar-refractivity contribution in [2.24, 2.45) is 5.73 Å².